The summed E-state index contributed by atoms with van der Waals surface area (Å²) in [6.45, 7) is 7.30. The van der Waals surface area contributed by atoms with E-state index in [-0.39, 0.29) is 12.3 Å². The molecule has 0 aromatic carbocycles. The summed E-state index contributed by atoms with van der Waals surface area (Å²) in [7, 11) is 1.62. The second-order valence-electron chi connectivity index (χ2n) is 4.11. The minimum absolute atomic E-state index is 0.111. The summed E-state index contributed by atoms with van der Waals surface area (Å²) in [6, 6.07) is -2.47. The third-order valence-corrected chi connectivity index (χ3v) is 2.57. The van der Waals surface area contributed by atoms with Crippen LogP contribution in [0.5, 0.6) is 0 Å². The molecule has 0 fully saturated rings. The Balaban J connectivity index is 4.40. The first-order chi connectivity index (χ1) is 8.83. The molecule has 0 saturated heterocycles. The summed E-state index contributed by atoms with van der Waals surface area (Å²) in [5, 5.41) is 13.5. The van der Waals surface area contributed by atoms with Crippen molar-refractivity contribution in [2.24, 2.45) is 0 Å². The van der Waals surface area contributed by atoms with Crippen molar-refractivity contribution in [3.05, 3.63) is 12.7 Å². The summed E-state index contributed by atoms with van der Waals surface area (Å²) in [5.41, 5.74) is 0. The molecule has 0 aliphatic carbocycles. The molecule has 0 radical (unpaired) electrons. The molecule has 2 unspecified atom stereocenters. The van der Waals surface area contributed by atoms with Gasteiger partial charge in [0.1, 0.15) is 12.1 Å². The fraction of sp³-hybridized carbons (Fsp3) is 0.583. The van der Waals surface area contributed by atoms with Crippen LogP contribution in [0, 0.1) is 0 Å². The third kappa shape index (κ3) is 5.89. The van der Waals surface area contributed by atoms with E-state index in [1.807, 2.05) is 6.92 Å². The van der Waals surface area contributed by atoms with E-state index in [9.17, 15) is 14.4 Å². The van der Waals surface area contributed by atoms with Gasteiger partial charge < -0.3 is 20.6 Å². The Bertz CT molecular complexity index is 357. The molecule has 7 nitrogen and oxygen atoms in total. The molecule has 7 heteroatoms. The summed E-state index contributed by atoms with van der Waals surface area (Å²) in [4.78, 5) is 35.6. The molecule has 0 heterocycles. The van der Waals surface area contributed by atoms with Crippen LogP contribution in [-0.4, -0.2) is 53.6 Å². The van der Waals surface area contributed by atoms with Gasteiger partial charge in [0, 0.05) is 13.6 Å². The van der Waals surface area contributed by atoms with E-state index in [4.69, 9.17) is 5.11 Å². The lowest BCUT2D eigenvalue weighted by molar-refractivity contribution is -0.139. The fourth-order valence-electron chi connectivity index (χ4n) is 1.33. The maximum Gasteiger partial charge on any atom is 0.326 e. The molecule has 19 heavy (non-hydrogen) atoms. The number of nitrogens with zero attached hydrogens (tertiary/aromatic N) is 1. The van der Waals surface area contributed by atoms with Crippen LogP contribution in [-0.2, 0) is 9.59 Å². The van der Waals surface area contributed by atoms with Gasteiger partial charge in [-0.15, -0.1) is 6.58 Å². The number of nitrogens with one attached hydrogen (secondary N) is 2. The van der Waals surface area contributed by atoms with Crippen molar-refractivity contribution >= 4 is 17.9 Å². The smallest absolute Gasteiger partial charge is 0.326 e. The molecule has 0 aliphatic rings. The van der Waals surface area contributed by atoms with E-state index in [0.29, 0.717) is 6.54 Å². The number of hydrogen-bond donors (Lipinski definition) is 3. The molecule has 0 rings (SSSR count). The number of amides is 3. The van der Waals surface area contributed by atoms with E-state index in [1.54, 1.807) is 7.05 Å². The Morgan fingerprint density at radius 2 is 1.95 bits per heavy atom. The topological polar surface area (TPSA) is 98.7 Å². The number of carbonyl (C=O) groups excluding carboxylic acids is 2. The molecule has 108 valence electrons. The Labute approximate surface area is 112 Å². The molecular weight excluding hydrogens is 250 g/mol. The summed E-state index contributed by atoms with van der Waals surface area (Å²) in [5.74, 6) is -1.40. The highest BCUT2D eigenvalue weighted by Gasteiger charge is 2.22. The van der Waals surface area contributed by atoms with Crippen molar-refractivity contribution in [2.45, 2.75) is 32.4 Å². The number of urea groups is 1. The third-order valence-electron chi connectivity index (χ3n) is 2.57. The number of likely N-dealkylation sites (N-methyl/N-ethyl adjacent to an activating group) is 1. The van der Waals surface area contributed by atoms with E-state index < -0.39 is 24.1 Å². The number of aliphatic carboxylic acids is 1. The largest absolute Gasteiger partial charge is 0.480 e. The lowest BCUT2D eigenvalue weighted by atomic mass is 10.2. The van der Waals surface area contributed by atoms with Crippen LogP contribution >= 0.6 is 0 Å². The summed E-state index contributed by atoms with van der Waals surface area (Å²) < 4.78 is 0. The average Bonchev–Trinajstić information content (AvgIpc) is 2.35. The quantitative estimate of drug-likeness (QED) is 0.575. The molecule has 3 N–H and O–H groups in total. The zero-order valence-electron chi connectivity index (χ0n) is 11.5. The first kappa shape index (κ1) is 16.9. The second-order valence-corrected chi connectivity index (χ2v) is 4.11. The maximum absolute atomic E-state index is 11.7. The molecule has 0 saturated carbocycles. The number of carboxylic acid groups (broad SMARTS) is 1. The lowest BCUT2D eigenvalue weighted by Crippen LogP contribution is -2.52. The van der Waals surface area contributed by atoms with E-state index in [2.05, 4.69) is 17.2 Å². The monoisotopic (exact) mass is 271 g/mol. The zero-order chi connectivity index (χ0) is 15.0. The number of carboxylic acids is 1. The van der Waals surface area contributed by atoms with Crippen LogP contribution in [0.4, 0.5) is 4.79 Å². The van der Waals surface area contributed by atoms with Crippen molar-refractivity contribution in [1.29, 1.82) is 0 Å². The van der Waals surface area contributed by atoms with E-state index >= 15 is 0 Å². The maximum atomic E-state index is 11.7. The fourth-order valence-corrected chi connectivity index (χ4v) is 1.33. The highest BCUT2D eigenvalue weighted by atomic mass is 16.4. The first-order valence-electron chi connectivity index (χ1n) is 5.99. The molecule has 3 amide bonds. The Morgan fingerprint density at radius 1 is 1.37 bits per heavy atom. The lowest BCUT2D eigenvalue weighted by Gasteiger charge is -2.21. The van der Waals surface area contributed by atoms with Gasteiger partial charge in [-0.2, -0.15) is 0 Å². The Kier molecular flexibility index (Phi) is 7.25. The number of hydrogen-bond acceptors (Lipinski definition) is 3. The minimum Gasteiger partial charge on any atom is -0.480 e. The molecule has 0 aromatic heterocycles. The highest BCUT2D eigenvalue weighted by molar-refractivity contribution is 5.88. The Hall–Kier alpha value is -2.05. The van der Waals surface area contributed by atoms with Crippen LogP contribution in [0.25, 0.3) is 0 Å². The van der Waals surface area contributed by atoms with E-state index in [0.717, 1.165) is 0 Å². The molecular formula is C12H21N3O4. The van der Waals surface area contributed by atoms with Crippen molar-refractivity contribution in [3.8, 4) is 0 Å². The standard InChI is InChI=1S/C12H21N3O4/c1-5-7-9(11(17)18)14-12(19)13-8(3)10(16)15(4)6-2/h5,8-9H,1,6-7H2,2-4H3,(H,17,18)(H2,13,14,19). The SMILES string of the molecule is C=CCC(NC(=O)NC(C)C(=O)N(C)CC)C(=O)O. The van der Waals surface area contributed by atoms with E-state index in [1.165, 1.54) is 17.9 Å². The summed E-state index contributed by atoms with van der Waals surface area (Å²) in [6.07, 6.45) is 1.51. The molecule has 2 atom stereocenters. The van der Waals surface area contributed by atoms with Gasteiger partial charge in [0.25, 0.3) is 0 Å². The minimum atomic E-state index is -1.15. The average molecular weight is 271 g/mol. The van der Waals surface area contributed by atoms with Gasteiger partial charge in [0.15, 0.2) is 0 Å². The molecule has 0 aliphatic heterocycles. The predicted octanol–water partition coefficient (Wildman–Crippen LogP) is 0.182. The van der Waals surface area contributed by atoms with Crippen molar-refractivity contribution in [1.82, 2.24) is 15.5 Å². The Morgan fingerprint density at radius 3 is 2.37 bits per heavy atom. The zero-order valence-corrected chi connectivity index (χ0v) is 11.5. The molecule has 0 spiro atoms. The first-order valence-corrected chi connectivity index (χ1v) is 5.99. The predicted molar refractivity (Wildman–Crippen MR) is 70.7 cm³/mol. The van der Waals surface area contributed by atoms with Crippen LogP contribution in [0.1, 0.15) is 20.3 Å². The van der Waals surface area contributed by atoms with Gasteiger partial charge in [-0.25, -0.2) is 9.59 Å². The van der Waals surface area contributed by atoms with Crippen LogP contribution in [0.3, 0.4) is 0 Å². The van der Waals surface area contributed by atoms with Crippen LogP contribution < -0.4 is 10.6 Å². The number of rotatable bonds is 7. The van der Waals surface area contributed by atoms with Gasteiger partial charge in [0.05, 0.1) is 0 Å². The van der Waals surface area contributed by atoms with Crippen molar-refractivity contribution in [2.75, 3.05) is 13.6 Å². The van der Waals surface area contributed by atoms with Gasteiger partial charge in [-0.1, -0.05) is 6.08 Å². The number of carbonyl (C=O) groups is 3. The van der Waals surface area contributed by atoms with Gasteiger partial charge in [-0.3, -0.25) is 4.79 Å². The normalized spacial score (nSPS) is 13.0. The van der Waals surface area contributed by atoms with Crippen molar-refractivity contribution < 1.29 is 19.5 Å². The summed E-state index contributed by atoms with van der Waals surface area (Å²) >= 11 is 0. The van der Waals surface area contributed by atoms with Gasteiger partial charge in [0.2, 0.25) is 5.91 Å². The highest BCUT2D eigenvalue weighted by Crippen LogP contribution is 1.95. The van der Waals surface area contributed by atoms with Gasteiger partial charge >= 0.3 is 12.0 Å². The van der Waals surface area contributed by atoms with Crippen LogP contribution in [0.15, 0.2) is 12.7 Å². The molecule has 0 bridgehead atoms. The second kappa shape index (κ2) is 8.12. The van der Waals surface area contributed by atoms with Gasteiger partial charge in [-0.05, 0) is 20.3 Å². The van der Waals surface area contributed by atoms with Crippen molar-refractivity contribution in [3.63, 3.8) is 0 Å². The van der Waals surface area contributed by atoms with Crippen LogP contribution in [0.2, 0.25) is 0 Å². The molecule has 0 aromatic rings.